The monoisotopic (exact) mass is 389 g/mol. The van der Waals surface area contributed by atoms with Gasteiger partial charge in [0, 0.05) is 25.7 Å². The van der Waals surface area contributed by atoms with Gasteiger partial charge in [0.25, 0.3) is 0 Å². The number of nitrogens with one attached hydrogen (secondary N) is 1. The molecular formula is C15H23N3O5S2. The lowest BCUT2D eigenvalue weighted by atomic mass is 10.2. The molecule has 1 aromatic rings. The molecule has 3 rings (SSSR count). The van der Waals surface area contributed by atoms with E-state index in [2.05, 4.69) is 4.72 Å². The Morgan fingerprint density at radius 1 is 1.08 bits per heavy atom. The largest absolute Gasteiger partial charge is 0.379 e. The Bertz CT molecular complexity index is 798. The van der Waals surface area contributed by atoms with E-state index < -0.39 is 20.0 Å². The number of benzene rings is 1. The first-order valence-corrected chi connectivity index (χ1v) is 11.2. The normalized spacial score (nSPS) is 21.2. The molecule has 3 N–H and O–H groups in total. The lowest BCUT2D eigenvalue weighted by molar-refractivity contribution is 0.0730. The highest BCUT2D eigenvalue weighted by molar-refractivity contribution is 7.89. The second kappa shape index (κ2) is 7.29. The maximum absolute atomic E-state index is 12.6. The van der Waals surface area contributed by atoms with Crippen LogP contribution in [-0.4, -0.2) is 60.0 Å². The third-order valence-electron chi connectivity index (χ3n) is 4.49. The molecule has 1 atom stereocenters. The van der Waals surface area contributed by atoms with Crippen molar-refractivity contribution in [1.82, 2.24) is 9.03 Å². The highest BCUT2D eigenvalue weighted by atomic mass is 32.2. The summed E-state index contributed by atoms with van der Waals surface area (Å²) < 4.78 is 59.1. The Balaban J connectivity index is 1.77. The van der Waals surface area contributed by atoms with Gasteiger partial charge in [-0.1, -0.05) is 0 Å². The molecule has 0 amide bonds. The molecule has 1 heterocycles. The lowest BCUT2D eigenvalue weighted by Gasteiger charge is -2.26. The van der Waals surface area contributed by atoms with Crippen LogP contribution < -0.4 is 10.5 Å². The fourth-order valence-electron chi connectivity index (χ4n) is 2.83. The van der Waals surface area contributed by atoms with E-state index >= 15 is 0 Å². The van der Waals surface area contributed by atoms with Crippen molar-refractivity contribution < 1.29 is 21.6 Å². The SMILES string of the molecule is NCC(NS(=O)(=O)c1ccc(S(=O)(=O)N2CCOCC2)cc1)C1CC1. The maximum atomic E-state index is 12.6. The minimum Gasteiger partial charge on any atom is -0.379 e. The van der Waals surface area contributed by atoms with Crippen molar-refractivity contribution in [3.8, 4) is 0 Å². The zero-order chi connectivity index (χ0) is 18.1. The van der Waals surface area contributed by atoms with Crippen molar-refractivity contribution in [3.05, 3.63) is 24.3 Å². The summed E-state index contributed by atoms with van der Waals surface area (Å²) in [5.41, 5.74) is 5.64. The summed E-state index contributed by atoms with van der Waals surface area (Å²) in [5.74, 6) is 0.292. The van der Waals surface area contributed by atoms with Gasteiger partial charge < -0.3 is 10.5 Å². The first kappa shape index (κ1) is 18.7. The zero-order valence-corrected chi connectivity index (χ0v) is 15.4. The van der Waals surface area contributed by atoms with Gasteiger partial charge in [-0.2, -0.15) is 4.31 Å². The van der Waals surface area contributed by atoms with E-state index in [9.17, 15) is 16.8 Å². The van der Waals surface area contributed by atoms with Gasteiger partial charge in [-0.15, -0.1) is 0 Å². The van der Waals surface area contributed by atoms with Crippen LogP contribution in [0.15, 0.2) is 34.1 Å². The van der Waals surface area contributed by atoms with Crippen LogP contribution in [0.3, 0.4) is 0 Å². The molecule has 1 aromatic carbocycles. The first-order chi connectivity index (χ1) is 11.8. The van der Waals surface area contributed by atoms with Crippen LogP contribution in [0.4, 0.5) is 0 Å². The van der Waals surface area contributed by atoms with Gasteiger partial charge in [0.2, 0.25) is 20.0 Å². The van der Waals surface area contributed by atoms with E-state index in [1.807, 2.05) is 0 Å². The molecule has 140 valence electrons. The molecule has 0 spiro atoms. The van der Waals surface area contributed by atoms with E-state index in [0.29, 0.717) is 32.2 Å². The fourth-order valence-corrected chi connectivity index (χ4v) is 5.56. The van der Waals surface area contributed by atoms with Gasteiger partial charge in [0.15, 0.2) is 0 Å². The lowest BCUT2D eigenvalue weighted by Crippen LogP contribution is -2.41. The van der Waals surface area contributed by atoms with Gasteiger partial charge >= 0.3 is 0 Å². The summed E-state index contributed by atoms with van der Waals surface area (Å²) in [7, 11) is -7.36. The molecule has 10 heteroatoms. The number of morpholine rings is 1. The molecule has 1 saturated heterocycles. The summed E-state index contributed by atoms with van der Waals surface area (Å²) in [5, 5.41) is 0. The third kappa shape index (κ3) is 4.21. The van der Waals surface area contributed by atoms with Crippen molar-refractivity contribution in [3.63, 3.8) is 0 Å². The van der Waals surface area contributed by atoms with Gasteiger partial charge in [0.1, 0.15) is 0 Å². The summed E-state index contributed by atoms with van der Waals surface area (Å²) >= 11 is 0. The fraction of sp³-hybridized carbons (Fsp3) is 0.600. The van der Waals surface area contributed by atoms with Crippen LogP contribution in [0.2, 0.25) is 0 Å². The average Bonchev–Trinajstić information content (AvgIpc) is 3.45. The Kier molecular flexibility index (Phi) is 5.47. The molecule has 1 aliphatic carbocycles. The molecule has 2 fully saturated rings. The number of nitrogens with zero attached hydrogens (tertiary/aromatic N) is 1. The standard InChI is InChI=1S/C15H23N3O5S2/c16-11-15(12-1-2-12)17-24(19,20)13-3-5-14(6-4-13)25(21,22)18-7-9-23-10-8-18/h3-6,12,15,17H,1-2,7-11,16H2. The van der Waals surface area contributed by atoms with E-state index in [4.69, 9.17) is 10.5 Å². The summed E-state index contributed by atoms with van der Waals surface area (Å²) in [6.45, 7) is 1.55. The molecular weight excluding hydrogens is 366 g/mol. The summed E-state index contributed by atoms with van der Waals surface area (Å²) in [4.78, 5) is 0.110. The predicted octanol–water partition coefficient (Wildman–Crippen LogP) is -0.277. The van der Waals surface area contributed by atoms with Crippen LogP contribution >= 0.6 is 0 Å². The number of ether oxygens (including phenoxy) is 1. The van der Waals surface area contributed by atoms with Crippen LogP contribution in [0, 0.1) is 5.92 Å². The summed E-state index contributed by atoms with van der Waals surface area (Å²) in [6.07, 6.45) is 1.95. The van der Waals surface area contributed by atoms with E-state index in [0.717, 1.165) is 12.8 Å². The van der Waals surface area contributed by atoms with Crippen molar-refractivity contribution in [2.75, 3.05) is 32.8 Å². The van der Waals surface area contributed by atoms with Crippen molar-refractivity contribution in [2.24, 2.45) is 11.7 Å². The van der Waals surface area contributed by atoms with Crippen molar-refractivity contribution in [1.29, 1.82) is 0 Å². The van der Waals surface area contributed by atoms with Crippen molar-refractivity contribution in [2.45, 2.75) is 28.7 Å². The van der Waals surface area contributed by atoms with Gasteiger partial charge in [-0.05, 0) is 43.0 Å². The number of rotatable bonds is 7. The van der Waals surface area contributed by atoms with E-state index in [1.165, 1.54) is 28.6 Å². The topological polar surface area (TPSA) is 119 Å². The predicted molar refractivity (Wildman–Crippen MR) is 91.9 cm³/mol. The Morgan fingerprint density at radius 3 is 2.16 bits per heavy atom. The maximum Gasteiger partial charge on any atom is 0.243 e. The number of hydrogen-bond donors (Lipinski definition) is 2. The van der Waals surface area contributed by atoms with E-state index in [-0.39, 0.29) is 22.4 Å². The number of nitrogens with two attached hydrogens (primary N) is 1. The van der Waals surface area contributed by atoms with Gasteiger partial charge in [-0.25, -0.2) is 21.6 Å². The molecule has 1 saturated carbocycles. The highest BCUT2D eigenvalue weighted by Gasteiger charge is 2.33. The van der Waals surface area contributed by atoms with Crippen molar-refractivity contribution >= 4 is 20.0 Å². The minimum absolute atomic E-state index is 0.0347. The minimum atomic E-state index is -3.72. The molecule has 0 radical (unpaired) electrons. The van der Waals surface area contributed by atoms with Crippen LogP contribution in [0.25, 0.3) is 0 Å². The zero-order valence-electron chi connectivity index (χ0n) is 13.8. The Labute approximate surface area is 148 Å². The number of sulfonamides is 2. The molecule has 1 unspecified atom stereocenters. The molecule has 0 aromatic heterocycles. The Hall–Kier alpha value is -1.04. The smallest absolute Gasteiger partial charge is 0.243 e. The second-order valence-electron chi connectivity index (χ2n) is 6.29. The first-order valence-electron chi connectivity index (χ1n) is 8.25. The van der Waals surface area contributed by atoms with Gasteiger partial charge in [-0.3, -0.25) is 0 Å². The number of hydrogen-bond acceptors (Lipinski definition) is 6. The third-order valence-corrected chi connectivity index (χ3v) is 7.91. The Morgan fingerprint density at radius 2 is 1.64 bits per heavy atom. The molecule has 8 nitrogen and oxygen atoms in total. The van der Waals surface area contributed by atoms with Crippen LogP contribution in [-0.2, 0) is 24.8 Å². The molecule has 2 aliphatic rings. The molecule has 1 aliphatic heterocycles. The quantitative estimate of drug-likeness (QED) is 0.662. The highest BCUT2D eigenvalue weighted by Crippen LogP contribution is 2.33. The van der Waals surface area contributed by atoms with Gasteiger partial charge in [0.05, 0.1) is 23.0 Å². The van der Waals surface area contributed by atoms with Crippen LogP contribution in [0.1, 0.15) is 12.8 Å². The molecule has 25 heavy (non-hydrogen) atoms. The molecule has 0 bridgehead atoms. The second-order valence-corrected chi connectivity index (χ2v) is 9.94. The van der Waals surface area contributed by atoms with E-state index in [1.54, 1.807) is 0 Å². The van der Waals surface area contributed by atoms with Crippen LogP contribution in [0.5, 0.6) is 0 Å². The summed E-state index contributed by atoms with van der Waals surface area (Å²) in [6, 6.07) is 5.01. The average molecular weight is 389 g/mol.